The van der Waals surface area contributed by atoms with E-state index in [1.165, 1.54) is 32.0 Å². The number of nitrogens with zero attached hydrogens (tertiary/aromatic N) is 2. The topological polar surface area (TPSA) is 182 Å². The molecule has 2 heterocycles. The summed E-state index contributed by atoms with van der Waals surface area (Å²) < 4.78 is 35.9. The minimum Gasteiger partial charge on any atom is -0.468 e. The first kappa shape index (κ1) is 28.9. The van der Waals surface area contributed by atoms with Gasteiger partial charge in [-0.2, -0.15) is 10.3 Å². The number of nitriles is 1. The van der Waals surface area contributed by atoms with Crippen molar-refractivity contribution in [2.24, 2.45) is 5.41 Å². The molecule has 37 heavy (non-hydrogen) atoms. The summed E-state index contributed by atoms with van der Waals surface area (Å²) in [6, 6.07) is 5.86. The Morgan fingerprint density at radius 1 is 1.38 bits per heavy atom. The average Bonchev–Trinajstić information content (AvgIpc) is 3.10. The van der Waals surface area contributed by atoms with Crippen LogP contribution < -0.4 is 20.9 Å². The highest BCUT2D eigenvalue weighted by molar-refractivity contribution is 7.52. The summed E-state index contributed by atoms with van der Waals surface area (Å²) in [5, 5.41) is 23.4. The van der Waals surface area contributed by atoms with Crippen LogP contribution in [0.2, 0.25) is 10.0 Å². The van der Waals surface area contributed by atoms with Gasteiger partial charge in [0, 0.05) is 18.3 Å². The average molecular weight is 577 g/mol. The largest absolute Gasteiger partial charge is 0.468 e. The first-order valence-electron chi connectivity index (χ1n) is 10.6. The number of rotatable bonds is 9. The Morgan fingerprint density at radius 2 is 2.08 bits per heavy atom. The van der Waals surface area contributed by atoms with Gasteiger partial charge in [0.1, 0.15) is 29.4 Å². The highest BCUT2D eigenvalue weighted by Gasteiger charge is 2.55. The van der Waals surface area contributed by atoms with E-state index in [4.69, 9.17) is 37.0 Å². The smallest absolute Gasteiger partial charge is 0.459 e. The van der Waals surface area contributed by atoms with Gasteiger partial charge in [-0.3, -0.25) is 23.7 Å². The van der Waals surface area contributed by atoms with Crippen LogP contribution >= 0.6 is 30.9 Å². The maximum absolute atomic E-state index is 13.6. The van der Waals surface area contributed by atoms with E-state index in [1.54, 1.807) is 0 Å². The first-order valence-corrected chi connectivity index (χ1v) is 12.9. The number of aromatic nitrogens is 2. The third-order valence-corrected chi connectivity index (χ3v) is 7.94. The van der Waals surface area contributed by atoms with E-state index >= 15 is 0 Å². The summed E-state index contributed by atoms with van der Waals surface area (Å²) in [5.74, 6) is -0.789. The van der Waals surface area contributed by atoms with Gasteiger partial charge in [0.2, 0.25) is 0 Å². The maximum atomic E-state index is 13.6. The van der Waals surface area contributed by atoms with Gasteiger partial charge in [-0.1, -0.05) is 23.2 Å². The zero-order chi connectivity index (χ0) is 27.5. The van der Waals surface area contributed by atoms with Crippen LogP contribution in [0.3, 0.4) is 0 Å². The molecule has 1 aromatic carbocycles. The number of esters is 1. The maximum Gasteiger partial charge on any atom is 0.459 e. The number of benzene rings is 1. The molecule has 1 saturated heterocycles. The fourth-order valence-electron chi connectivity index (χ4n) is 3.53. The molecular weight excluding hydrogens is 554 g/mol. The number of ether oxygens (including phenoxy) is 2. The lowest BCUT2D eigenvalue weighted by Crippen LogP contribution is -2.41. The van der Waals surface area contributed by atoms with Gasteiger partial charge in [-0.25, -0.2) is 9.36 Å². The summed E-state index contributed by atoms with van der Waals surface area (Å²) in [6.07, 6.45) is -3.02. The van der Waals surface area contributed by atoms with Crippen molar-refractivity contribution < 1.29 is 33.0 Å². The first-order chi connectivity index (χ1) is 17.3. The Hall–Kier alpha value is -2.69. The van der Waals surface area contributed by atoms with Gasteiger partial charge in [0.25, 0.3) is 5.56 Å². The number of carbonyl (C=O) groups excluding carboxylic acids is 1. The summed E-state index contributed by atoms with van der Waals surface area (Å²) in [7, 11) is -3.24. The van der Waals surface area contributed by atoms with Crippen LogP contribution in [0.4, 0.5) is 0 Å². The zero-order valence-electron chi connectivity index (χ0n) is 19.7. The number of hydrogen-bond acceptors (Lipinski definition) is 10. The molecule has 1 aliphatic heterocycles. The van der Waals surface area contributed by atoms with Crippen molar-refractivity contribution in [2.45, 2.75) is 38.3 Å². The summed E-state index contributed by atoms with van der Waals surface area (Å²) >= 11 is 11.9. The van der Waals surface area contributed by atoms with Gasteiger partial charge in [0.15, 0.2) is 6.23 Å². The van der Waals surface area contributed by atoms with Crippen molar-refractivity contribution in [3.8, 4) is 11.8 Å². The molecule has 6 atom stereocenters. The fourth-order valence-corrected chi connectivity index (χ4v) is 5.31. The predicted molar refractivity (Wildman–Crippen MR) is 130 cm³/mol. The molecular formula is C21H23Cl2N4O9P. The Kier molecular flexibility index (Phi) is 8.87. The van der Waals surface area contributed by atoms with Crippen LogP contribution in [-0.4, -0.2) is 52.6 Å². The summed E-state index contributed by atoms with van der Waals surface area (Å²) in [6.45, 7) is 2.10. The number of H-pyrrole nitrogens is 1. The summed E-state index contributed by atoms with van der Waals surface area (Å²) in [5.41, 5.74) is -3.20. The van der Waals surface area contributed by atoms with Crippen molar-refractivity contribution in [2.75, 3.05) is 13.7 Å². The number of hydrogen-bond donors (Lipinski definition) is 3. The second kappa shape index (κ2) is 11.4. The van der Waals surface area contributed by atoms with Crippen LogP contribution in [0.25, 0.3) is 0 Å². The molecule has 1 aromatic heterocycles. The molecule has 3 N–H and O–H groups in total. The quantitative estimate of drug-likeness (QED) is 0.293. The van der Waals surface area contributed by atoms with E-state index in [9.17, 15) is 29.3 Å². The second-order valence-corrected chi connectivity index (χ2v) is 10.7. The predicted octanol–water partition coefficient (Wildman–Crippen LogP) is 1.99. The van der Waals surface area contributed by atoms with Gasteiger partial charge >= 0.3 is 19.4 Å². The monoisotopic (exact) mass is 576 g/mol. The van der Waals surface area contributed by atoms with E-state index in [0.29, 0.717) is 0 Å². The molecule has 13 nitrogen and oxygen atoms in total. The standard InChI is InChI=1S/C21H23Cl2N4O9P/c1-11(18(30)33-3)26-37(32,36-12-4-5-13(22)14(23)8-12)34-9-15-17(29)21(2,10-24)19(35-15)27-7-6-16(28)25-20(27)31/h4-8,11,15,17,19,29H,9H2,1-3H3,(H,26,32)(H,25,28,31). The van der Waals surface area contributed by atoms with Gasteiger partial charge in [-0.05, 0) is 26.0 Å². The summed E-state index contributed by atoms with van der Waals surface area (Å²) in [4.78, 5) is 37.7. The van der Waals surface area contributed by atoms with E-state index in [-0.39, 0.29) is 15.8 Å². The van der Waals surface area contributed by atoms with Crippen LogP contribution in [0.5, 0.6) is 5.75 Å². The molecule has 16 heteroatoms. The van der Waals surface area contributed by atoms with E-state index in [0.717, 1.165) is 23.9 Å². The Labute approximate surface area is 220 Å². The van der Waals surface area contributed by atoms with Crippen LogP contribution in [0, 0.1) is 16.7 Å². The third-order valence-electron chi connectivity index (χ3n) is 5.56. The number of nitrogens with one attached hydrogen (secondary N) is 2. The molecule has 6 unspecified atom stereocenters. The van der Waals surface area contributed by atoms with Crippen molar-refractivity contribution in [1.29, 1.82) is 5.26 Å². The lowest BCUT2D eigenvalue weighted by Gasteiger charge is -2.26. The highest BCUT2D eigenvalue weighted by atomic mass is 35.5. The lowest BCUT2D eigenvalue weighted by molar-refractivity contribution is -0.142. The third kappa shape index (κ3) is 6.25. The van der Waals surface area contributed by atoms with E-state index < -0.39 is 61.5 Å². The molecule has 0 radical (unpaired) electrons. The molecule has 3 rings (SSSR count). The van der Waals surface area contributed by atoms with Crippen LogP contribution in [0.15, 0.2) is 40.1 Å². The highest BCUT2D eigenvalue weighted by Crippen LogP contribution is 2.49. The number of aromatic amines is 1. The second-order valence-electron chi connectivity index (χ2n) is 8.22. The number of aliphatic hydroxyl groups excluding tert-OH is 1. The van der Waals surface area contributed by atoms with Crippen molar-refractivity contribution in [3.05, 3.63) is 61.3 Å². The van der Waals surface area contributed by atoms with Gasteiger partial charge < -0.3 is 19.1 Å². The normalized spacial score (nSPS) is 25.6. The lowest BCUT2D eigenvalue weighted by atomic mass is 9.84. The molecule has 200 valence electrons. The van der Waals surface area contributed by atoms with Gasteiger partial charge in [-0.15, -0.1) is 0 Å². The number of carbonyl (C=O) groups is 1. The Morgan fingerprint density at radius 3 is 2.68 bits per heavy atom. The van der Waals surface area contributed by atoms with Gasteiger partial charge in [0.05, 0.1) is 29.8 Å². The Bertz CT molecular complexity index is 1380. The molecule has 0 bridgehead atoms. The Balaban J connectivity index is 1.87. The van der Waals surface area contributed by atoms with Crippen molar-refractivity contribution in [3.63, 3.8) is 0 Å². The fraction of sp³-hybridized carbons (Fsp3) is 0.429. The van der Waals surface area contributed by atoms with Crippen molar-refractivity contribution in [1.82, 2.24) is 14.6 Å². The minimum absolute atomic E-state index is 0.0188. The number of methoxy groups -OCH3 is 1. The molecule has 1 fully saturated rings. The number of aliphatic hydroxyl groups is 1. The SMILES string of the molecule is COC(=O)C(C)NP(=O)(OCC1OC(n2ccc(=O)[nH]c2=O)C(C)(C#N)C1O)Oc1ccc(Cl)c(Cl)c1. The van der Waals surface area contributed by atoms with Crippen LogP contribution in [-0.2, 0) is 23.4 Å². The molecule has 0 amide bonds. The minimum atomic E-state index is -4.38. The molecule has 0 spiro atoms. The van der Waals surface area contributed by atoms with Crippen LogP contribution in [0.1, 0.15) is 20.1 Å². The molecule has 0 aliphatic carbocycles. The zero-order valence-corrected chi connectivity index (χ0v) is 22.1. The van der Waals surface area contributed by atoms with E-state index in [1.807, 2.05) is 11.1 Å². The van der Waals surface area contributed by atoms with Crippen molar-refractivity contribution >= 4 is 36.9 Å². The molecule has 1 aliphatic rings. The molecule has 0 saturated carbocycles. The molecule has 2 aromatic rings. The number of halogens is 2. The van der Waals surface area contributed by atoms with E-state index in [2.05, 4.69) is 9.82 Å².